The van der Waals surface area contributed by atoms with Crippen LogP contribution in [0.1, 0.15) is 38.5 Å². The van der Waals surface area contributed by atoms with Crippen molar-refractivity contribution in [3.8, 4) is 0 Å². The van der Waals surface area contributed by atoms with Crippen LogP contribution >= 0.6 is 0 Å². The number of amides is 2. The molecule has 3 fully saturated rings. The minimum Gasteiger partial charge on any atom is -0.394 e. The first-order valence-electron chi connectivity index (χ1n) is 10.3. The van der Waals surface area contributed by atoms with Crippen molar-refractivity contribution >= 4 is 11.8 Å². The van der Waals surface area contributed by atoms with E-state index >= 15 is 0 Å². The van der Waals surface area contributed by atoms with Crippen LogP contribution in [0.2, 0.25) is 0 Å². The summed E-state index contributed by atoms with van der Waals surface area (Å²) in [5.41, 5.74) is 0. The van der Waals surface area contributed by atoms with E-state index < -0.39 is 6.10 Å². The number of hydrogen-bond acceptors (Lipinski definition) is 6. The van der Waals surface area contributed by atoms with Gasteiger partial charge in [-0.15, -0.1) is 0 Å². The number of nitrogens with zero attached hydrogens (tertiary/aromatic N) is 1. The van der Waals surface area contributed by atoms with Crippen LogP contribution in [0, 0.1) is 5.92 Å². The van der Waals surface area contributed by atoms with Crippen LogP contribution in [0.25, 0.3) is 0 Å². The Hall–Kier alpha value is -1.22. The number of aliphatic hydroxyl groups is 1. The lowest BCUT2D eigenvalue weighted by Gasteiger charge is -2.36. The third-order valence-electron chi connectivity index (χ3n) is 5.56. The number of morpholine rings is 1. The number of aliphatic hydroxyl groups excluding tert-OH is 1. The Morgan fingerprint density at radius 2 is 1.89 bits per heavy atom. The van der Waals surface area contributed by atoms with E-state index in [0.29, 0.717) is 19.4 Å². The molecule has 0 spiro atoms. The molecule has 27 heavy (non-hydrogen) atoms. The normalized spacial score (nSPS) is 29.3. The molecule has 0 unspecified atom stereocenters. The van der Waals surface area contributed by atoms with Crippen molar-refractivity contribution in [1.29, 1.82) is 0 Å². The van der Waals surface area contributed by atoms with E-state index in [2.05, 4.69) is 15.5 Å². The van der Waals surface area contributed by atoms with E-state index in [-0.39, 0.29) is 36.5 Å². The number of rotatable bonds is 9. The molecule has 0 bridgehead atoms. The van der Waals surface area contributed by atoms with Gasteiger partial charge in [0.25, 0.3) is 0 Å². The Morgan fingerprint density at radius 1 is 1.11 bits per heavy atom. The Balaban J connectivity index is 1.30. The fourth-order valence-corrected chi connectivity index (χ4v) is 3.73. The van der Waals surface area contributed by atoms with Gasteiger partial charge in [0.15, 0.2) is 0 Å². The van der Waals surface area contributed by atoms with Crippen LogP contribution in [-0.2, 0) is 19.1 Å². The number of ether oxygens (including phenoxy) is 2. The van der Waals surface area contributed by atoms with Gasteiger partial charge in [-0.1, -0.05) is 0 Å². The zero-order valence-corrected chi connectivity index (χ0v) is 16.0. The maximum atomic E-state index is 12.2. The van der Waals surface area contributed by atoms with Crippen LogP contribution in [0.3, 0.4) is 0 Å². The number of nitrogens with one attached hydrogen (secondary N) is 2. The molecule has 0 aromatic rings. The molecule has 8 nitrogen and oxygen atoms in total. The van der Waals surface area contributed by atoms with Gasteiger partial charge in [0, 0.05) is 25.6 Å². The second-order valence-electron chi connectivity index (χ2n) is 7.81. The highest BCUT2D eigenvalue weighted by Crippen LogP contribution is 2.30. The van der Waals surface area contributed by atoms with Gasteiger partial charge in [0.2, 0.25) is 11.8 Å². The fourth-order valence-electron chi connectivity index (χ4n) is 3.73. The van der Waals surface area contributed by atoms with Crippen LogP contribution in [0.5, 0.6) is 0 Å². The Labute approximate surface area is 160 Å². The summed E-state index contributed by atoms with van der Waals surface area (Å²) < 4.78 is 11.2. The Morgan fingerprint density at radius 3 is 2.59 bits per heavy atom. The molecule has 2 saturated heterocycles. The van der Waals surface area contributed by atoms with Crippen molar-refractivity contribution in [2.45, 2.75) is 56.8 Å². The van der Waals surface area contributed by atoms with Crippen molar-refractivity contribution in [3.63, 3.8) is 0 Å². The van der Waals surface area contributed by atoms with Crippen LogP contribution in [-0.4, -0.2) is 86.1 Å². The van der Waals surface area contributed by atoms with Crippen molar-refractivity contribution < 1.29 is 24.2 Å². The summed E-state index contributed by atoms with van der Waals surface area (Å²) in [5.74, 6) is 0.197. The Bertz CT molecular complexity index is 494. The maximum absolute atomic E-state index is 12.2. The minimum absolute atomic E-state index is 0.0147. The van der Waals surface area contributed by atoms with E-state index in [9.17, 15) is 14.7 Å². The molecule has 3 rings (SSSR count). The second-order valence-corrected chi connectivity index (χ2v) is 7.81. The lowest BCUT2D eigenvalue weighted by molar-refractivity contribution is -0.136. The third-order valence-corrected chi connectivity index (χ3v) is 5.56. The van der Waals surface area contributed by atoms with Crippen LogP contribution in [0.4, 0.5) is 0 Å². The molecule has 3 N–H and O–H groups in total. The monoisotopic (exact) mass is 383 g/mol. The highest BCUT2D eigenvalue weighted by molar-refractivity contribution is 5.81. The molecular weight excluding hydrogens is 350 g/mol. The molecule has 0 aromatic carbocycles. The smallest absolute Gasteiger partial charge is 0.223 e. The topological polar surface area (TPSA) is 100 Å². The zero-order chi connectivity index (χ0) is 19.1. The molecule has 2 aliphatic heterocycles. The molecule has 154 valence electrons. The second kappa shape index (κ2) is 10.4. The first kappa shape index (κ1) is 20.5. The molecule has 0 aromatic heterocycles. The highest BCUT2D eigenvalue weighted by Gasteiger charge is 2.36. The zero-order valence-electron chi connectivity index (χ0n) is 16.0. The molecule has 1 saturated carbocycles. The van der Waals surface area contributed by atoms with Gasteiger partial charge in [-0.2, -0.15) is 0 Å². The van der Waals surface area contributed by atoms with Crippen molar-refractivity contribution in [3.05, 3.63) is 0 Å². The standard InChI is InChI=1S/C19H33N3O5/c23-13-17-16(21-19(25)14-2-3-14)5-4-15(27-17)12-18(24)20-6-1-7-22-8-10-26-11-9-22/h14-17,23H,1-13H2,(H,20,24)(H,21,25)/t15-,16+,17+/m0/s1. The highest BCUT2D eigenvalue weighted by atomic mass is 16.5. The summed E-state index contributed by atoms with van der Waals surface area (Å²) in [4.78, 5) is 26.4. The van der Waals surface area contributed by atoms with E-state index in [1.165, 1.54) is 0 Å². The van der Waals surface area contributed by atoms with Crippen LogP contribution < -0.4 is 10.6 Å². The van der Waals surface area contributed by atoms with Crippen LogP contribution in [0.15, 0.2) is 0 Å². The van der Waals surface area contributed by atoms with Gasteiger partial charge < -0.3 is 25.2 Å². The fraction of sp³-hybridized carbons (Fsp3) is 0.895. The number of carbonyl (C=O) groups is 2. The molecule has 0 radical (unpaired) electrons. The van der Waals surface area contributed by atoms with E-state index in [0.717, 1.165) is 58.5 Å². The quantitative estimate of drug-likeness (QED) is 0.471. The molecule has 3 atom stereocenters. The van der Waals surface area contributed by atoms with Crippen molar-refractivity contribution in [2.24, 2.45) is 5.92 Å². The van der Waals surface area contributed by atoms with Crippen molar-refractivity contribution in [2.75, 3.05) is 46.0 Å². The summed E-state index contributed by atoms with van der Waals surface area (Å²) in [5, 5.41) is 15.5. The van der Waals surface area contributed by atoms with E-state index in [4.69, 9.17) is 9.47 Å². The summed E-state index contributed by atoms with van der Waals surface area (Å²) in [7, 11) is 0. The molecule has 2 heterocycles. The lowest BCUT2D eigenvalue weighted by Crippen LogP contribution is -2.51. The van der Waals surface area contributed by atoms with Gasteiger partial charge in [-0.25, -0.2) is 0 Å². The lowest BCUT2D eigenvalue weighted by atomic mass is 9.96. The van der Waals surface area contributed by atoms with E-state index in [1.807, 2.05) is 0 Å². The van der Waals surface area contributed by atoms with Crippen molar-refractivity contribution in [1.82, 2.24) is 15.5 Å². The van der Waals surface area contributed by atoms with Gasteiger partial charge >= 0.3 is 0 Å². The number of carbonyl (C=O) groups excluding carboxylic acids is 2. The predicted octanol–water partition coefficient (Wildman–Crippen LogP) is -0.350. The summed E-state index contributed by atoms with van der Waals surface area (Å²) in [6.45, 7) is 4.99. The summed E-state index contributed by atoms with van der Waals surface area (Å²) >= 11 is 0. The molecule has 2 amide bonds. The van der Waals surface area contributed by atoms with E-state index in [1.54, 1.807) is 0 Å². The average molecular weight is 383 g/mol. The maximum Gasteiger partial charge on any atom is 0.223 e. The molecule has 1 aliphatic carbocycles. The summed E-state index contributed by atoms with van der Waals surface area (Å²) in [6, 6.07) is -0.157. The van der Waals surface area contributed by atoms with Gasteiger partial charge in [-0.05, 0) is 38.6 Å². The van der Waals surface area contributed by atoms with Gasteiger partial charge in [-0.3, -0.25) is 14.5 Å². The molecule has 3 aliphatic rings. The summed E-state index contributed by atoms with van der Waals surface area (Å²) in [6.07, 6.45) is 3.96. The Kier molecular flexibility index (Phi) is 7.87. The minimum atomic E-state index is -0.430. The molecular formula is C19H33N3O5. The predicted molar refractivity (Wildman–Crippen MR) is 99.1 cm³/mol. The molecule has 8 heteroatoms. The number of hydrogen-bond donors (Lipinski definition) is 3. The first-order valence-corrected chi connectivity index (χ1v) is 10.3. The van der Waals surface area contributed by atoms with Gasteiger partial charge in [0.1, 0.15) is 6.10 Å². The van der Waals surface area contributed by atoms with Gasteiger partial charge in [0.05, 0.1) is 38.4 Å². The average Bonchev–Trinajstić information content (AvgIpc) is 3.52. The third kappa shape index (κ3) is 6.71. The first-order chi connectivity index (χ1) is 13.2. The largest absolute Gasteiger partial charge is 0.394 e. The SMILES string of the molecule is O=C(C[C@@H]1CC[C@@H](NC(=O)C2CC2)[C@@H](CO)O1)NCCCN1CCOCC1.